The highest BCUT2D eigenvalue weighted by Crippen LogP contribution is 2.16. The van der Waals surface area contributed by atoms with Gasteiger partial charge in [-0.2, -0.15) is 0 Å². The second kappa shape index (κ2) is 3.69. The van der Waals surface area contributed by atoms with Crippen molar-refractivity contribution in [1.29, 1.82) is 0 Å². The fraction of sp³-hybridized carbons (Fsp3) is 0.167. The summed E-state index contributed by atoms with van der Waals surface area (Å²) in [6.07, 6.45) is 1.80. The van der Waals surface area contributed by atoms with E-state index >= 15 is 0 Å². The number of nitrogens with zero attached hydrogens (tertiary/aromatic N) is 2. The summed E-state index contributed by atoms with van der Waals surface area (Å²) < 4.78 is 0. The smallest absolute Gasteiger partial charge is 0.277 e. The highest BCUT2D eigenvalue weighted by atomic mass is 16.2. The fourth-order valence-corrected chi connectivity index (χ4v) is 1.42. The summed E-state index contributed by atoms with van der Waals surface area (Å²) in [5.74, 6) is 0.693. The van der Waals surface area contributed by atoms with Crippen LogP contribution in [0, 0.1) is 0 Å². The van der Waals surface area contributed by atoms with Crippen LogP contribution in [-0.2, 0) is 4.79 Å². The van der Waals surface area contributed by atoms with Crippen LogP contribution in [0.25, 0.3) is 6.08 Å². The quantitative estimate of drug-likeness (QED) is 0.637. The lowest BCUT2D eigenvalue weighted by atomic mass is 10.2. The van der Waals surface area contributed by atoms with E-state index in [1.54, 1.807) is 18.0 Å². The SMILES string of the molecule is CC1=N/C(=C\c2ccccc2)C(=O)N1C. The van der Waals surface area contributed by atoms with Crippen molar-refractivity contribution >= 4 is 17.8 Å². The average molecular weight is 200 g/mol. The zero-order valence-corrected chi connectivity index (χ0v) is 8.77. The Morgan fingerprint density at radius 3 is 2.47 bits per heavy atom. The van der Waals surface area contributed by atoms with Crippen LogP contribution < -0.4 is 0 Å². The topological polar surface area (TPSA) is 32.7 Å². The Bertz CT molecular complexity index is 446. The zero-order chi connectivity index (χ0) is 10.8. The van der Waals surface area contributed by atoms with Gasteiger partial charge in [-0.1, -0.05) is 30.3 Å². The van der Waals surface area contributed by atoms with E-state index in [0.717, 1.165) is 11.4 Å². The molecular weight excluding hydrogens is 188 g/mol. The van der Waals surface area contributed by atoms with Gasteiger partial charge in [0.05, 0.1) is 0 Å². The van der Waals surface area contributed by atoms with E-state index in [9.17, 15) is 4.79 Å². The first kappa shape index (κ1) is 9.65. The molecule has 3 heteroatoms. The first-order valence-electron chi connectivity index (χ1n) is 4.78. The van der Waals surface area contributed by atoms with Crippen molar-refractivity contribution in [3.63, 3.8) is 0 Å². The lowest BCUT2D eigenvalue weighted by Crippen LogP contribution is -2.25. The molecule has 0 saturated heterocycles. The molecule has 0 saturated carbocycles. The number of hydrogen-bond acceptors (Lipinski definition) is 2. The lowest BCUT2D eigenvalue weighted by molar-refractivity contribution is -0.121. The third kappa shape index (κ3) is 1.81. The highest BCUT2D eigenvalue weighted by molar-refractivity contribution is 6.13. The molecule has 15 heavy (non-hydrogen) atoms. The Hall–Kier alpha value is -1.90. The van der Waals surface area contributed by atoms with E-state index in [1.807, 2.05) is 37.3 Å². The number of aliphatic imine (C=N–C) groups is 1. The van der Waals surface area contributed by atoms with E-state index in [1.165, 1.54) is 0 Å². The van der Waals surface area contributed by atoms with Crippen LogP contribution in [0.15, 0.2) is 41.0 Å². The number of amides is 1. The molecule has 1 aromatic carbocycles. The molecule has 0 radical (unpaired) electrons. The zero-order valence-electron chi connectivity index (χ0n) is 8.77. The minimum Gasteiger partial charge on any atom is -0.298 e. The number of carbonyl (C=O) groups excluding carboxylic acids is 1. The molecule has 1 aliphatic rings. The van der Waals surface area contributed by atoms with Gasteiger partial charge < -0.3 is 0 Å². The molecule has 76 valence electrons. The number of hydrogen-bond donors (Lipinski definition) is 0. The predicted molar refractivity (Wildman–Crippen MR) is 60.3 cm³/mol. The van der Waals surface area contributed by atoms with Crippen molar-refractivity contribution in [2.75, 3.05) is 7.05 Å². The molecule has 3 nitrogen and oxygen atoms in total. The van der Waals surface area contributed by atoms with E-state index in [0.29, 0.717) is 5.70 Å². The summed E-state index contributed by atoms with van der Waals surface area (Å²) in [4.78, 5) is 17.4. The Kier molecular flexibility index (Phi) is 2.37. The molecule has 2 rings (SSSR count). The summed E-state index contributed by atoms with van der Waals surface area (Å²) in [5.41, 5.74) is 1.49. The molecule has 1 aromatic rings. The van der Waals surface area contributed by atoms with Crippen LogP contribution in [0.4, 0.5) is 0 Å². The van der Waals surface area contributed by atoms with Crippen LogP contribution in [0.3, 0.4) is 0 Å². The van der Waals surface area contributed by atoms with Gasteiger partial charge in [0.25, 0.3) is 5.91 Å². The maximum atomic E-state index is 11.7. The molecule has 0 aromatic heterocycles. The van der Waals surface area contributed by atoms with Crippen molar-refractivity contribution in [2.45, 2.75) is 6.92 Å². The molecule has 1 aliphatic heterocycles. The Labute approximate surface area is 88.7 Å². The van der Waals surface area contributed by atoms with Gasteiger partial charge in [0, 0.05) is 7.05 Å². The van der Waals surface area contributed by atoms with Crippen LogP contribution >= 0.6 is 0 Å². The number of likely N-dealkylation sites (N-methyl/N-ethyl adjacent to an activating group) is 1. The molecule has 0 aliphatic carbocycles. The lowest BCUT2D eigenvalue weighted by Gasteiger charge is -2.05. The first-order valence-corrected chi connectivity index (χ1v) is 4.78. The average Bonchev–Trinajstić information content (AvgIpc) is 2.48. The standard InChI is InChI=1S/C12H12N2O/c1-9-13-11(12(15)14(9)2)8-10-6-4-3-5-7-10/h3-8H,1-2H3/b11-8-. The second-order valence-electron chi connectivity index (χ2n) is 3.46. The first-order chi connectivity index (χ1) is 7.18. The Morgan fingerprint density at radius 1 is 1.27 bits per heavy atom. The Balaban J connectivity index is 2.34. The second-order valence-corrected chi connectivity index (χ2v) is 3.46. The molecule has 0 atom stereocenters. The van der Waals surface area contributed by atoms with Crippen LogP contribution in [0.5, 0.6) is 0 Å². The van der Waals surface area contributed by atoms with Gasteiger partial charge in [0.1, 0.15) is 11.5 Å². The summed E-state index contributed by atoms with van der Waals surface area (Å²) in [5, 5.41) is 0. The van der Waals surface area contributed by atoms with Crippen molar-refractivity contribution in [3.05, 3.63) is 41.6 Å². The molecule has 0 bridgehead atoms. The highest BCUT2D eigenvalue weighted by Gasteiger charge is 2.23. The molecule has 1 amide bonds. The molecule has 0 spiro atoms. The molecule has 1 heterocycles. The van der Waals surface area contributed by atoms with Gasteiger partial charge in [-0.15, -0.1) is 0 Å². The third-order valence-electron chi connectivity index (χ3n) is 2.39. The van der Waals surface area contributed by atoms with Crippen molar-refractivity contribution in [1.82, 2.24) is 4.90 Å². The van der Waals surface area contributed by atoms with Gasteiger partial charge in [-0.3, -0.25) is 9.69 Å². The maximum absolute atomic E-state index is 11.7. The van der Waals surface area contributed by atoms with E-state index in [2.05, 4.69) is 4.99 Å². The van der Waals surface area contributed by atoms with Crippen molar-refractivity contribution in [3.8, 4) is 0 Å². The van der Waals surface area contributed by atoms with E-state index < -0.39 is 0 Å². The van der Waals surface area contributed by atoms with Gasteiger partial charge >= 0.3 is 0 Å². The molecule has 0 unspecified atom stereocenters. The van der Waals surface area contributed by atoms with Crippen LogP contribution in [0.2, 0.25) is 0 Å². The summed E-state index contributed by atoms with van der Waals surface area (Å²) in [6.45, 7) is 1.82. The molecule has 0 fully saturated rings. The van der Waals surface area contributed by atoms with E-state index in [4.69, 9.17) is 0 Å². The number of amidine groups is 1. The van der Waals surface area contributed by atoms with Gasteiger partial charge in [0.15, 0.2) is 0 Å². The normalized spacial score (nSPS) is 18.5. The van der Waals surface area contributed by atoms with Crippen LogP contribution in [-0.4, -0.2) is 23.7 Å². The van der Waals surface area contributed by atoms with E-state index in [-0.39, 0.29) is 5.91 Å². The fourth-order valence-electron chi connectivity index (χ4n) is 1.42. The Morgan fingerprint density at radius 2 is 1.93 bits per heavy atom. The molecular formula is C12H12N2O. The number of benzene rings is 1. The monoisotopic (exact) mass is 200 g/mol. The summed E-state index contributed by atoms with van der Waals surface area (Å²) in [7, 11) is 1.73. The van der Waals surface area contributed by atoms with Crippen molar-refractivity contribution in [2.24, 2.45) is 4.99 Å². The maximum Gasteiger partial charge on any atom is 0.277 e. The third-order valence-corrected chi connectivity index (χ3v) is 2.39. The number of carbonyl (C=O) groups is 1. The van der Waals surface area contributed by atoms with Gasteiger partial charge in [0.2, 0.25) is 0 Å². The summed E-state index contributed by atoms with van der Waals surface area (Å²) >= 11 is 0. The summed E-state index contributed by atoms with van der Waals surface area (Å²) in [6, 6.07) is 9.71. The number of rotatable bonds is 1. The van der Waals surface area contributed by atoms with Crippen molar-refractivity contribution < 1.29 is 4.79 Å². The van der Waals surface area contributed by atoms with Gasteiger partial charge in [-0.25, -0.2) is 4.99 Å². The minimum atomic E-state index is -0.0450. The molecule has 0 N–H and O–H groups in total. The minimum absolute atomic E-state index is 0.0450. The van der Waals surface area contributed by atoms with Crippen LogP contribution in [0.1, 0.15) is 12.5 Å². The van der Waals surface area contributed by atoms with Gasteiger partial charge in [-0.05, 0) is 18.6 Å². The largest absolute Gasteiger partial charge is 0.298 e. The predicted octanol–water partition coefficient (Wildman–Crippen LogP) is 1.92.